The number of hydrogen-bond donors (Lipinski definition) is 1. The molecule has 0 atom stereocenters. The van der Waals surface area contributed by atoms with Gasteiger partial charge in [-0.3, -0.25) is 9.59 Å². The van der Waals surface area contributed by atoms with E-state index in [-0.39, 0.29) is 17.9 Å². The fourth-order valence-corrected chi connectivity index (χ4v) is 4.30. The van der Waals surface area contributed by atoms with E-state index in [1.165, 1.54) is 0 Å². The average Bonchev–Trinajstić information content (AvgIpc) is 3.29. The molecule has 166 valence electrons. The largest absolute Gasteiger partial charge is 0.494 e. The van der Waals surface area contributed by atoms with Crippen LogP contribution in [0, 0.1) is 0 Å². The minimum Gasteiger partial charge on any atom is -0.494 e. The van der Waals surface area contributed by atoms with E-state index in [4.69, 9.17) is 9.15 Å². The summed E-state index contributed by atoms with van der Waals surface area (Å²) in [5, 5.41) is 2.88. The summed E-state index contributed by atoms with van der Waals surface area (Å²) in [7, 11) is 2.13. The van der Waals surface area contributed by atoms with Crippen LogP contribution in [0.1, 0.15) is 43.4 Å². The van der Waals surface area contributed by atoms with Crippen LogP contribution in [0.2, 0.25) is 0 Å². The molecule has 2 amide bonds. The Morgan fingerprint density at radius 3 is 2.87 bits per heavy atom. The number of nitrogens with one attached hydrogen (secondary N) is 1. The number of likely N-dealkylation sites (tertiary alicyclic amines) is 1. The van der Waals surface area contributed by atoms with Gasteiger partial charge in [-0.25, -0.2) is 0 Å². The monoisotopic (exact) mass is 425 g/mol. The van der Waals surface area contributed by atoms with Gasteiger partial charge in [0.05, 0.1) is 19.4 Å². The number of fused-ring (bicyclic) bond motifs is 1. The topological polar surface area (TPSA) is 75.0 Å². The molecule has 0 aliphatic carbocycles. The van der Waals surface area contributed by atoms with Crippen molar-refractivity contribution in [1.29, 1.82) is 0 Å². The molecule has 2 aliphatic heterocycles. The maximum atomic E-state index is 13.1. The zero-order chi connectivity index (χ0) is 21.6. The van der Waals surface area contributed by atoms with E-state index >= 15 is 0 Å². The van der Waals surface area contributed by atoms with E-state index in [2.05, 4.69) is 17.3 Å². The van der Waals surface area contributed by atoms with Crippen molar-refractivity contribution < 1.29 is 18.7 Å². The van der Waals surface area contributed by atoms with Gasteiger partial charge >= 0.3 is 0 Å². The summed E-state index contributed by atoms with van der Waals surface area (Å²) in [5.74, 6) is 1.82. The molecule has 7 nitrogen and oxygen atoms in total. The molecule has 7 heteroatoms. The highest BCUT2D eigenvalue weighted by molar-refractivity contribution is 5.94. The van der Waals surface area contributed by atoms with Gasteiger partial charge in [0.1, 0.15) is 11.5 Å². The predicted octanol–water partition coefficient (Wildman–Crippen LogP) is 3.45. The van der Waals surface area contributed by atoms with E-state index in [0.717, 1.165) is 55.1 Å². The van der Waals surface area contributed by atoms with Crippen LogP contribution in [0.5, 0.6) is 5.75 Å². The maximum Gasteiger partial charge on any atom is 0.224 e. The first kappa shape index (κ1) is 21.4. The van der Waals surface area contributed by atoms with Crippen LogP contribution in [0.4, 0.5) is 5.69 Å². The number of anilines is 1. The van der Waals surface area contributed by atoms with E-state index < -0.39 is 0 Å². The van der Waals surface area contributed by atoms with Crippen LogP contribution in [0.25, 0.3) is 0 Å². The Balaban J connectivity index is 1.29. The van der Waals surface area contributed by atoms with E-state index in [0.29, 0.717) is 32.4 Å². The molecule has 1 aromatic carbocycles. The maximum absolute atomic E-state index is 13.1. The van der Waals surface area contributed by atoms with Crippen LogP contribution in [0.15, 0.2) is 41.0 Å². The number of nitrogens with zero attached hydrogens (tertiary/aromatic N) is 2. The minimum atomic E-state index is 0.0587. The van der Waals surface area contributed by atoms with Gasteiger partial charge in [-0.2, -0.15) is 0 Å². The summed E-state index contributed by atoms with van der Waals surface area (Å²) in [6, 6.07) is 9.79. The number of amides is 2. The van der Waals surface area contributed by atoms with Crippen molar-refractivity contribution in [2.75, 3.05) is 32.1 Å². The molecular formula is C24H31N3O4. The van der Waals surface area contributed by atoms with Gasteiger partial charge in [0.25, 0.3) is 0 Å². The molecule has 1 aromatic heterocycles. The normalized spacial score (nSPS) is 17.1. The van der Waals surface area contributed by atoms with Crippen LogP contribution in [0.3, 0.4) is 0 Å². The summed E-state index contributed by atoms with van der Waals surface area (Å²) < 4.78 is 11.4. The molecule has 0 unspecified atom stereocenters. The summed E-state index contributed by atoms with van der Waals surface area (Å²) in [4.78, 5) is 28.8. The zero-order valence-corrected chi connectivity index (χ0v) is 18.1. The van der Waals surface area contributed by atoms with Crippen molar-refractivity contribution >= 4 is 17.5 Å². The zero-order valence-electron chi connectivity index (χ0n) is 18.1. The lowest BCUT2D eigenvalue weighted by Gasteiger charge is -2.37. The van der Waals surface area contributed by atoms with Gasteiger partial charge in [-0.05, 0) is 81.7 Å². The fraction of sp³-hybridized carbons (Fsp3) is 0.500. The van der Waals surface area contributed by atoms with E-state index in [1.54, 1.807) is 6.26 Å². The molecule has 1 fully saturated rings. The SMILES string of the molecule is CN1CCC(N(Cc2ccco2)C(=O)CCCOc2ccc3c(c2)CCC(=O)N3)CC1. The molecule has 2 aromatic rings. The molecule has 0 radical (unpaired) electrons. The van der Waals surface area contributed by atoms with Crippen LogP contribution >= 0.6 is 0 Å². The second-order valence-electron chi connectivity index (χ2n) is 8.45. The van der Waals surface area contributed by atoms with E-state index in [9.17, 15) is 9.59 Å². The number of furan rings is 1. The van der Waals surface area contributed by atoms with Crippen molar-refractivity contribution in [1.82, 2.24) is 9.80 Å². The number of piperidine rings is 1. The summed E-state index contributed by atoms with van der Waals surface area (Å²) in [5.41, 5.74) is 1.96. The number of ether oxygens (including phenoxy) is 1. The second-order valence-corrected chi connectivity index (χ2v) is 8.45. The third kappa shape index (κ3) is 5.67. The molecule has 0 spiro atoms. The first-order valence-corrected chi connectivity index (χ1v) is 11.1. The third-order valence-corrected chi connectivity index (χ3v) is 6.13. The number of carbonyl (C=O) groups excluding carboxylic acids is 2. The van der Waals surface area contributed by atoms with Crippen molar-refractivity contribution in [3.63, 3.8) is 0 Å². The molecule has 2 aliphatic rings. The Morgan fingerprint density at radius 2 is 2.10 bits per heavy atom. The summed E-state index contributed by atoms with van der Waals surface area (Å²) >= 11 is 0. The first-order chi connectivity index (χ1) is 15.1. The lowest BCUT2D eigenvalue weighted by molar-refractivity contribution is -0.135. The molecule has 3 heterocycles. The highest BCUT2D eigenvalue weighted by atomic mass is 16.5. The number of carbonyl (C=O) groups is 2. The molecule has 31 heavy (non-hydrogen) atoms. The Morgan fingerprint density at radius 1 is 1.26 bits per heavy atom. The van der Waals surface area contributed by atoms with E-state index in [1.807, 2.05) is 35.2 Å². The van der Waals surface area contributed by atoms with Gasteiger partial charge in [-0.15, -0.1) is 0 Å². The molecule has 0 bridgehead atoms. The highest BCUT2D eigenvalue weighted by Gasteiger charge is 2.27. The van der Waals surface area contributed by atoms with Gasteiger partial charge in [0, 0.05) is 24.6 Å². The summed E-state index contributed by atoms with van der Waals surface area (Å²) in [6.45, 7) is 3.03. The van der Waals surface area contributed by atoms with Crippen LogP contribution in [-0.4, -0.2) is 54.4 Å². The van der Waals surface area contributed by atoms with Gasteiger partial charge < -0.3 is 24.3 Å². The number of aryl methyl sites for hydroxylation is 1. The van der Waals surface area contributed by atoms with Crippen LogP contribution < -0.4 is 10.1 Å². The van der Waals surface area contributed by atoms with Crippen molar-refractivity contribution in [3.8, 4) is 5.75 Å². The number of rotatable bonds is 8. The third-order valence-electron chi connectivity index (χ3n) is 6.13. The fourth-order valence-electron chi connectivity index (χ4n) is 4.30. The smallest absolute Gasteiger partial charge is 0.224 e. The standard InChI is InChI=1S/C24H31N3O4/c1-26-12-10-19(11-13-26)27(17-21-4-2-14-31-21)24(29)5-3-15-30-20-7-8-22-18(16-20)6-9-23(28)25-22/h2,4,7-8,14,16,19H,3,5-6,9-13,15,17H2,1H3,(H,25,28). The Labute approximate surface area is 183 Å². The van der Waals surface area contributed by atoms with Crippen LogP contribution in [-0.2, 0) is 22.6 Å². The average molecular weight is 426 g/mol. The molecule has 4 rings (SSSR count). The lowest BCUT2D eigenvalue weighted by atomic mass is 10.0. The quantitative estimate of drug-likeness (QED) is 0.656. The molecule has 1 saturated heterocycles. The Hall–Kier alpha value is -2.80. The molecular weight excluding hydrogens is 394 g/mol. The van der Waals surface area contributed by atoms with Gasteiger partial charge in [0.15, 0.2) is 0 Å². The predicted molar refractivity (Wildman–Crippen MR) is 118 cm³/mol. The van der Waals surface area contributed by atoms with Crippen molar-refractivity contribution in [2.24, 2.45) is 0 Å². The highest BCUT2D eigenvalue weighted by Crippen LogP contribution is 2.27. The van der Waals surface area contributed by atoms with Gasteiger partial charge in [-0.1, -0.05) is 0 Å². The molecule has 1 N–H and O–H groups in total. The minimum absolute atomic E-state index is 0.0587. The Kier molecular flexibility index (Phi) is 6.92. The first-order valence-electron chi connectivity index (χ1n) is 11.1. The van der Waals surface area contributed by atoms with Gasteiger partial charge in [0.2, 0.25) is 11.8 Å². The Bertz CT molecular complexity index is 888. The lowest BCUT2D eigenvalue weighted by Crippen LogP contribution is -2.46. The van der Waals surface area contributed by atoms with Crippen molar-refractivity contribution in [3.05, 3.63) is 47.9 Å². The second kappa shape index (κ2) is 10.0. The van der Waals surface area contributed by atoms with Crippen molar-refractivity contribution in [2.45, 2.75) is 51.1 Å². The summed E-state index contributed by atoms with van der Waals surface area (Å²) in [6.07, 6.45) is 5.99. The number of hydrogen-bond acceptors (Lipinski definition) is 5. The molecule has 0 saturated carbocycles. The number of benzene rings is 1.